The SMILES string of the molecule is COc1ccc(NC(=O)[C@@H](C)OC(=O)c2n[nH]c(=O)c3ccccc23)cc1OC. The molecule has 0 saturated heterocycles. The molecule has 0 aliphatic rings. The molecule has 0 spiro atoms. The van der Waals surface area contributed by atoms with Gasteiger partial charge < -0.3 is 19.5 Å². The van der Waals surface area contributed by atoms with Crippen molar-refractivity contribution in [1.29, 1.82) is 0 Å². The van der Waals surface area contributed by atoms with Crippen molar-refractivity contribution in [2.24, 2.45) is 0 Å². The lowest BCUT2D eigenvalue weighted by molar-refractivity contribution is -0.123. The highest BCUT2D eigenvalue weighted by atomic mass is 16.5. The molecule has 9 nitrogen and oxygen atoms in total. The third-order valence-electron chi connectivity index (χ3n) is 4.19. The lowest BCUT2D eigenvalue weighted by Gasteiger charge is -2.15. The van der Waals surface area contributed by atoms with Gasteiger partial charge in [-0.2, -0.15) is 5.10 Å². The van der Waals surface area contributed by atoms with Crippen molar-refractivity contribution in [3.05, 3.63) is 58.5 Å². The van der Waals surface area contributed by atoms with E-state index in [1.54, 1.807) is 42.5 Å². The van der Waals surface area contributed by atoms with Crippen LogP contribution in [0, 0.1) is 0 Å². The number of carbonyl (C=O) groups excluding carboxylic acids is 2. The standard InChI is InChI=1S/C20H19N3O6/c1-11(18(24)21-12-8-9-15(27-2)16(10-12)28-3)29-20(26)17-13-6-4-5-7-14(13)19(25)23-22-17/h4-11H,1-3H3,(H,21,24)(H,23,25)/t11-/m1/s1. The van der Waals surface area contributed by atoms with Gasteiger partial charge in [-0.3, -0.25) is 9.59 Å². The summed E-state index contributed by atoms with van der Waals surface area (Å²) in [6.07, 6.45) is -1.11. The lowest BCUT2D eigenvalue weighted by atomic mass is 10.1. The number of anilines is 1. The number of benzene rings is 2. The molecule has 1 atom stereocenters. The largest absolute Gasteiger partial charge is 0.493 e. The maximum Gasteiger partial charge on any atom is 0.360 e. The fraction of sp³-hybridized carbons (Fsp3) is 0.200. The van der Waals surface area contributed by atoms with Crippen molar-refractivity contribution in [2.45, 2.75) is 13.0 Å². The molecule has 0 radical (unpaired) electrons. The Kier molecular flexibility index (Phi) is 5.77. The number of aromatic nitrogens is 2. The molecule has 3 aromatic rings. The summed E-state index contributed by atoms with van der Waals surface area (Å²) in [6, 6.07) is 11.4. The van der Waals surface area contributed by atoms with Crippen molar-refractivity contribution in [3.63, 3.8) is 0 Å². The Balaban J connectivity index is 1.74. The maximum atomic E-state index is 12.5. The molecular formula is C20H19N3O6. The van der Waals surface area contributed by atoms with E-state index in [2.05, 4.69) is 15.5 Å². The second-order valence-electron chi connectivity index (χ2n) is 6.05. The summed E-state index contributed by atoms with van der Waals surface area (Å²) in [6.45, 7) is 1.43. The molecule has 2 N–H and O–H groups in total. The molecule has 150 valence electrons. The van der Waals surface area contributed by atoms with Crippen LogP contribution in [0.15, 0.2) is 47.3 Å². The third kappa shape index (κ3) is 4.18. The normalized spacial score (nSPS) is 11.6. The average Bonchev–Trinajstić information content (AvgIpc) is 2.73. The molecule has 0 bridgehead atoms. The molecule has 9 heteroatoms. The van der Waals surface area contributed by atoms with Crippen LogP contribution in [0.1, 0.15) is 17.4 Å². The zero-order chi connectivity index (χ0) is 21.0. The van der Waals surface area contributed by atoms with E-state index in [1.165, 1.54) is 21.1 Å². The summed E-state index contributed by atoms with van der Waals surface area (Å²) >= 11 is 0. The van der Waals surface area contributed by atoms with Crippen molar-refractivity contribution < 1.29 is 23.8 Å². The van der Waals surface area contributed by atoms with E-state index in [-0.39, 0.29) is 5.69 Å². The van der Waals surface area contributed by atoms with Crippen LogP contribution in [0.5, 0.6) is 11.5 Å². The van der Waals surface area contributed by atoms with E-state index in [9.17, 15) is 14.4 Å². The fourth-order valence-electron chi connectivity index (χ4n) is 2.70. The molecule has 1 aromatic heterocycles. The van der Waals surface area contributed by atoms with Crippen LogP contribution in [-0.2, 0) is 9.53 Å². The highest BCUT2D eigenvalue weighted by Gasteiger charge is 2.22. The summed E-state index contributed by atoms with van der Waals surface area (Å²) in [5.74, 6) is -0.411. The first-order chi connectivity index (χ1) is 13.9. The molecule has 0 aliphatic carbocycles. The number of fused-ring (bicyclic) bond motifs is 1. The minimum atomic E-state index is -1.11. The number of esters is 1. The van der Waals surface area contributed by atoms with Gasteiger partial charge in [0.2, 0.25) is 0 Å². The molecule has 0 unspecified atom stereocenters. The van der Waals surface area contributed by atoms with Gasteiger partial charge in [0.15, 0.2) is 23.3 Å². The number of carbonyl (C=O) groups is 2. The zero-order valence-corrected chi connectivity index (χ0v) is 16.0. The highest BCUT2D eigenvalue weighted by Crippen LogP contribution is 2.29. The summed E-state index contributed by atoms with van der Waals surface area (Å²) in [5, 5.41) is 9.31. The summed E-state index contributed by atoms with van der Waals surface area (Å²) in [7, 11) is 2.99. The molecule has 1 heterocycles. The highest BCUT2D eigenvalue weighted by molar-refractivity contribution is 6.03. The number of amides is 1. The molecule has 1 amide bonds. The van der Waals surface area contributed by atoms with Gasteiger partial charge in [-0.1, -0.05) is 18.2 Å². The van der Waals surface area contributed by atoms with Crippen LogP contribution in [0.4, 0.5) is 5.69 Å². The van der Waals surface area contributed by atoms with Crippen molar-refractivity contribution in [2.75, 3.05) is 19.5 Å². The molecule has 0 aliphatic heterocycles. The first kappa shape index (κ1) is 19.9. The number of aromatic amines is 1. The van der Waals surface area contributed by atoms with Crippen LogP contribution in [-0.4, -0.2) is 42.4 Å². The van der Waals surface area contributed by atoms with E-state index >= 15 is 0 Å². The number of ether oxygens (including phenoxy) is 3. The van der Waals surface area contributed by atoms with Crippen molar-refractivity contribution in [1.82, 2.24) is 10.2 Å². The summed E-state index contributed by atoms with van der Waals surface area (Å²) < 4.78 is 15.6. The van der Waals surface area contributed by atoms with Gasteiger partial charge in [-0.05, 0) is 25.1 Å². The number of methoxy groups -OCH3 is 2. The quantitative estimate of drug-likeness (QED) is 0.612. The van der Waals surface area contributed by atoms with Crippen LogP contribution in [0.25, 0.3) is 10.8 Å². The summed E-state index contributed by atoms with van der Waals surface area (Å²) in [4.78, 5) is 36.7. The second-order valence-corrected chi connectivity index (χ2v) is 6.05. The Morgan fingerprint density at radius 3 is 2.41 bits per heavy atom. The summed E-state index contributed by atoms with van der Waals surface area (Å²) in [5.41, 5.74) is -0.0504. The first-order valence-corrected chi connectivity index (χ1v) is 8.66. The molecule has 0 saturated carbocycles. The van der Waals surface area contributed by atoms with Crippen LogP contribution < -0.4 is 20.3 Å². The number of nitrogens with zero attached hydrogens (tertiary/aromatic N) is 1. The van der Waals surface area contributed by atoms with Gasteiger partial charge in [-0.15, -0.1) is 0 Å². The van der Waals surface area contributed by atoms with Gasteiger partial charge in [0.05, 0.1) is 19.6 Å². The molecule has 0 fully saturated rings. The monoisotopic (exact) mass is 397 g/mol. The van der Waals surface area contributed by atoms with E-state index in [0.717, 1.165) is 0 Å². The van der Waals surface area contributed by atoms with E-state index in [4.69, 9.17) is 14.2 Å². The van der Waals surface area contributed by atoms with Gasteiger partial charge >= 0.3 is 5.97 Å². The first-order valence-electron chi connectivity index (χ1n) is 8.66. The van der Waals surface area contributed by atoms with Gasteiger partial charge in [0.1, 0.15) is 0 Å². The van der Waals surface area contributed by atoms with Crippen LogP contribution in [0.2, 0.25) is 0 Å². The molecule has 29 heavy (non-hydrogen) atoms. The van der Waals surface area contributed by atoms with Crippen LogP contribution >= 0.6 is 0 Å². The van der Waals surface area contributed by atoms with E-state index in [0.29, 0.717) is 28.0 Å². The van der Waals surface area contributed by atoms with Gasteiger partial charge in [0, 0.05) is 17.1 Å². The van der Waals surface area contributed by atoms with Crippen LogP contribution in [0.3, 0.4) is 0 Å². The lowest BCUT2D eigenvalue weighted by Crippen LogP contribution is -2.30. The second kappa shape index (κ2) is 8.42. The average molecular weight is 397 g/mol. The van der Waals surface area contributed by atoms with E-state index in [1.807, 2.05) is 0 Å². The number of H-pyrrole nitrogens is 1. The topological polar surface area (TPSA) is 120 Å². The fourth-order valence-corrected chi connectivity index (χ4v) is 2.70. The molecular weight excluding hydrogens is 378 g/mol. The number of rotatable bonds is 6. The smallest absolute Gasteiger partial charge is 0.360 e. The Labute approximate surface area is 165 Å². The van der Waals surface area contributed by atoms with Gasteiger partial charge in [0.25, 0.3) is 11.5 Å². The predicted octanol–water partition coefficient (Wildman–Crippen LogP) is 2.12. The van der Waals surface area contributed by atoms with Gasteiger partial charge in [-0.25, -0.2) is 9.89 Å². The third-order valence-corrected chi connectivity index (χ3v) is 4.19. The Bertz CT molecular complexity index is 1120. The Morgan fingerprint density at radius 2 is 1.72 bits per heavy atom. The Morgan fingerprint density at radius 1 is 1.03 bits per heavy atom. The number of hydrogen-bond acceptors (Lipinski definition) is 7. The van der Waals surface area contributed by atoms with E-state index < -0.39 is 23.5 Å². The van der Waals surface area contributed by atoms with Crippen molar-refractivity contribution in [3.8, 4) is 11.5 Å². The number of nitrogens with one attached hydrogen (secondary N) is 2. The minimum Gasteiger partial charge on any atom is -0.493 e. The maximum absolute atomic E-state index is 12.5. The molecule has 3 rings (SSSR count). The Hall–Kier alpha value is -3.88. The minimum absolute atomic E-state index is 0.0778. The number of hydrogen-bond donors (Lipinski definition) is 2. The zero-order valence-electron chi connectivity index (χ0n) is 16.0. The van der Waals surface area contributed by atoms with Crippen molar-refractivity contribution >= 4 is 28.3 Å². The predicted molar refractivity (Wildman–Crippen MR) is 105 cm³/mol. The molecule has 2 aromatic carbocycles.